The summed E-state index contributed by atoms with van der Waals surface area (Å²) in [5.41, 5.74) is 9.27. The fourth-order valence-electron chi connectivity index (χ4n) is 10.4. The molecule has 5 heterocycles. The second-order valence-corrected chi connectivity index (χ2v) is 16.1. The van der Waals surface area contributed by atoms with Gasteiger partial charge < -0.3 is 10.6 Å². The second-order valence-electron chi connectivity index (χ2n) is 16.1. The lowest BCUT2D eigenvalue weighted by Gasteiger charge is -2.42. The van der Waals surface area contributed by atoms with Gasteiger partial charge in [0.2, 0.25) is 0 Å². The van der Waals surface area contributed by atoms with Gasteiger partial charge in [0.15, 0.2) is 5.82 Å². The molecule has 4 aromatic rings. The van der Waals surface area contributed by atoms with Crippen molar-refractivity contribution in [2.75, 3.05) is 50.4 Å². The number of halogens is 4. The lowest BCUT2D eigenvalue weighted by Crippen LogP contribution is -2.54. The summed E-state index contributed by atoms with van der Waals surface area (Å²) >= 11 is 0. The van der Waals surface area contributed by atoms with Crippen molar-refractivity contribution in [3.63, 3.8) is 0 Å². The highest BCUT2D eigenvalue weighted by Gasteiger charge is 2.58. The Bertz CT molecular complexity index is 2200. The molecule has 11 heteroatoms. The highest BCUT2D eigenvalue weighted by molar-refractivity contribution is 6.15. The Hall–Kier alpha value is -4.27. The molecule has 2 N–H and O–H groups in total. The summed E-state index contributed by atoms with van der Waals surface area (Å²) in [5.74, 6) is -0.689. The minimum Gasteiger partial charge on any atom is -0.398 e. The maximum absolute atomic E-state index is 17.7. The maximum atomic E-state index is 17.7. The number of anilines is 2. The van der Waals surface area contributed by atoms with E-state index in [2.05, 4.69) is 25.6 Å². The van der Waals surface area contributed by atoms with Gasteiger partial charge in [0, 0.05) is 85.8 Å². The van der Waals surface area contributed by atoms with Crippen LogP contribution >= 0.6 is 0 Å². The maximum Gasteiger partial charge on any atom is 0.252 e. The van der Waals surface area contributed by atoms with Crippen LogP contribution in [-0.2, 0) is 6.42 Å². The van der Waals surface area contributed by atoms with Crippen LogP contribution in [0.1, 0.15) is 73.9 Å². The number of nitrogens with zero attached hydrogens (tertiary/aromatic N) is 6. The zero-order chi connectivity index (χ0) is 36.8. The van der Waals surface area contributed by atoms with Crippen molar-refractivity contribution < 1.29 is 17.6 Å². The van der Waals surface area contributed by atoms with Crippen molar-refractivity contribution in [3.8, 4) is 23.5 Å². The van der Waals surface area contributed by atoms with Gasteiger partial charge in [-0.25, -0.2) is 27.5 Å². The molecule has 1 aliphatic carbocycles. The van der Waals surface area contributed by atoms with Gasteiger partial charge in [-0.15, -0.1) is 6.42 Å². The molecule has 5 aliphatic rings. The molecule has 53 heavy (non-hydrogen) atoms. The molecule has 0 amide bonds. The van der Waals surface area contributed by atoms with Crippen LogP contribution in [0.4, 0.5) is 29.1 Å². The second kappa shape index (κ2) is 12.7. The van der Waals surface area contributed by atoms with Crippen LogP contribution < -0.4 is 10.6 Å². The van der Waals surface area contributed by atoms with E-state index < -0.39 is 23.5 Å². The molecule has 9 rings (SSSR count). The monoisotopic (exact) mass is 723 g/mol. The topological polar surface area (TPSA) is 73.9 Å². The minimum atomic E-state index is -2.57. The number of benzene rings is 3. The molecule has 3 aromatic carbocycles. The molecule has 1 aromatic heterocycles. The number of piperazine rings is 1. The van der Waals surface area contributed by atoms with Crippen molar-refractivity contribution >= 4 is 39.4 Å². The quantitative estimate of drug-likeness (QED) is 0.0878. The van der Waals surface area contributed by atoms with Crippen molar-refractivity contribution in [3.05, 3.63) is 58.4 Å². The fourth-order valence-corrected chi connectivity index (χ4v) is 10.4. The summed E-state index contributed by atoms with van der Waals surface area (Å²) in [6, 6.07) is 6.85. The molecule has 0 radical (unpaired) electrons. The van der Waals surface area contributed by atoms with Crippen LogP contribution in [0, 0.1) is 36.8 Å². The van der Waals surface area contributed by atoms with Gasteiger partial charge in [-0.05, 0) is 87.5 Å². The van der Waals surface area contributed by atoms with Gasteiger partial charge >= 0.3 is 0 Å². The summed E-state index contributed by atoms with van der Waals surface area (Å²) in [6.45, 7) is 5.66. The molecule has 5 fully saturated rings. The first-order valence-electron chi connectivity index (χ1n) is 19.1. The number of nitrogens with two attached hydrogens (primary N) is 1. The molecular weight excluding hydrogens is 679 g/mol. The third kappa shape index (κ3) is 5.58. The lowest BCUT2D eigenvalue weighted by molar-refractivity contribution is 0.0751. The van der Waals surface area contributed by atoms with Crippen LogP contribution in [0.15, 0.2) is 29.3 Å². The van der Waals surface area contributed by atoms with Crippen LogP contribution in [0.2, 0.25) is 0 Å². The number of aryl methyl sites for hydroxylation is 2. The minimum absolute atomic E-state index is 0.0421. The first kappa shape index (κ1) is 34.5. The summed E-state index contributed by atoms with van der Waals surface area (Å²) < 4.78 is 61.0. The number of aromatic nitrogens is 2. The van der Waals surface area contributed by atoms with Gasteiger partial charge in [0.25, 0.3) is 5.92 Å². The smallest absolute Gasteiger partial charge is 0.252 e. The number of hydrogen-bond acceptors (Lipinski definition) is 7. The SMILES string of the molecule is C#Cc1c(F)ccc2cc(C)cc(-c3c(N)c(C=NC)c4c(N5CC6CCC(C5)N6CC5CC5(F)F)nc(CCC56CCCN5CCC6)nc4c3F)c12. The van der Waals surface area contributed by atoms with E-state index in [0.29, 0.717) is 65.0 Å². The van der Waals surface area contributed by atoms with E-state index >= 15 is 8.78 Å². The molecule has 276 valence electrons. The zero-order valence-corrected chi connectivity index (χ0v) is 30.4. The molecule has 0 spiro atoms. The number of terminal acetylenes is 1. The van der Waals surface area contributed by atoms with Crippen LogP contribution in [0.5, 0.6) is 0 Å². The third-order valence-electron chi connectivity index (χ3n) is 13.0. The highest BCUT2D eigenvalue weighted by Crippen LogP contribution is 2.51. The van der Waals surface area contributed by atoms with E-state index in [9.17, 15) is 8.78 Å². The molecule has 3 atom stereocenters. The Morgan fingerprint density at radius 2 is 1.77 bits per heavy atom. The third-order valence-corrected chi connectivity index (χ3v) is 13.0. The van der Waals surface area contributed by atoms with Gasteiger partial charge in [0.05, 0.1) is 16.6 Å². The van der Waals surface area contributed by atoms with Crippen LogP contribution in [0.25, 0.3) is 32.8 Å². The zero-order valence-electron chi connectivity index (χ0n) is 30.4. The van der Waals surface area contributed by atoms with Crippen molar-refractivity contribution in [2.24, 2.45) is 10.9 Å². The Morgan fingerprint density at radius 1 is 1.06 bits per heavy atom. The largest absolute Gasteiger partial charge is 0.398 e. The van der Waals surface area contributed by atoms with Crippen molar-refractivity contribution in [1.29, 1.82) is 0 Å². The molecule has 4 saturated heterocycles. The molecular formula is C42H45F4N7. The Morgan fingerprint density at radius 3 is 2.43 bits per heavy atom. The average Bonchev–Trinajstić information content (AvgIpc) is 3.38. The van der Waals surface area contributed by atoms with E-state index in [1.54, 1.807) is 25.4 Å². The number of alkyl halides is 2. The first-order valence-corrected chi connectivity index (χ1v) is 19.1. The number of aliphatic imine (C=N–C) groups is 1. The summed E-state index contributed by atoms with van der Waals surface area (Å²) in [4.78, 5) is 21.7. The molecule has 3 unspecified atom stereocenters. The lowest BCUT2D eigenvalue weighted by atomic mass is 9.88. The predicted octanol–water partition coefficient (Wildman–Crippen LogP) is 7.52. The Kier molecular flexibility index (Phi) is 8.24. The predicted molar refractivity (Wildman–Crippen MR) is 203 cm³/mol. The summed E-state index contributed by atoms with van der Waals surface area (Å²) in [7, 11) is 1.64. The number of fused-ring (bicyclic) bond motifs is 5. The van der Waals surface area contributed by atoms with Gasteiger partial charge in [-0.1, -0.05) is 24.1 Å². The fraction of sp³-hybridized carbons (Fsp3) is 0.500. The normalized spacial score (nSPS) is 24.8. The van der Waals surface area contributed by atoms with E-state index in [1.807, 2.05) is 13.0 Å². The van der Waals surface area contributed by atoms with E-state index in [1.165, 1.54) is 18.9 Å². The Labute approximate surface area is 307 Å². The van der Waals surface area contributed by atoms with Gasteiger partial charge in [-0.3, -0.25) is 14.8 Å². The Balaban J connectivity index is 1.23. The molecule has 7 nitrogen and oxygen atoms in total. The molecule has 2 bridgehead atoms. The van der Waals surface area contributed by atoms with Gasteiger partial charge in [-0.2, -0.15) is 0 Å². The highest BCUT2D eigenvalue weighted by atomic mass is 19.3. The number of nitrogen functional groups attached to an aromatic ring is 1. The number of rotatable bonds is 8. The number of hydrogen-bond donors (Lipinski definition) is 1. The van der Waals surface area contributed by atoms with Crippen molar-refractivity contribution in [1.82, 2.24) is 19.8 Å². The van der Waals surface area contributed by atoms with E-state index in [-0.39, 0.29) is 46.4 Å². The van der Waals surface area contributed by atoms with Gasteiger partial charge in [0.1, 0.15) is 23.0 Å². The summed E-state index contributed by atoms with van der Waals surface area (Å²) in [5, 5.41) is 1.56. The summed E-state index contributed by atoms with van der Waals surface area (Å²) in [6.07, 6.45) is 15.3. The molecule has 4 aliphatic heterocycles. The molecule has 1 saturated carbocycles. The van der Waals surface area contributed by atoms with E-state index in [0.717, 1.165) is 50.8 Å². The van der Waals surface area contributed by atoms with Crippen LogP contribution in [-0.4, -0.2) is 89.3 Å². The standard InChI is InChI=1S/C42H45F4N7/c1-4-29-32(43)10-7-25-17-24(2)18-30(34(25)29)35-37(44)39-36(31(20-48-3)38(35)47)40(50-33(49-39)11-14-41-12-5-15-52(41)16-6-13-41)51-22-27-8-9-28(23-51)53(27)21-26-19-42(26,45)46/h1,7,10,17-18,20,26-28H,5-6,8-9,11-16,19,21-23,47H2,2-3H3. The van der Waals surface area contributed by atoms with Crippen molar-refractivity contribution in [2.45, 2.75) is 88.3 Å². The average molecular weight is 724 g/mol. The van der Waals surface area contributed by atoms with Crippen LogP contribution in [0.3, 0.4) is 0 Å². The van der Waals surface area contributed by atoms with E-state index in [4.69, 9.17) is 22.1 Å². The first-order chi connectivity index (χ1) is 25.5.